The Balaban J connectivity index is 1.55. The van der Waals surface area contributed by atoms with Gasteiger partial charge in [0.2, 0.25) is 0 Å². The van der Waals surface area contributed by atoms with Crippen molar-refractivity contribution in [2.24, 2.45) is 0 Å². The maximum absolute atomic E-state index is 12.6. The number of hydrogen-bond donors (Lipinski definition) is 2. The molecule has 0 aromatic heterocycles. The molecule has 8 heteroatoms. The minimum absolute atomic E-state index is 0.208. The van der Waals surface area contributed by atoms with E-state index in [1.165, 1.54) is 11.8 Å². The Hall–Kier alpha value is -3.13. The van der Waals surface area contributed by atoms with Gasteiger partial charge in [0.15, 0.2) is 17.3 Å². The monoisotopic (exact) mass is 456 g/mol. The highest BCUT2D eigenvalue weighted by atomic mass is 32.2. The van der Waals surface area contributed by atoms with Crippen LogP contribution < -0.4 is 20.1 Å². The Kier molecular flexibility index (Phi) is 8.86. The zero-order valence-corrected chi connectivity index (χ0v) is 19.1. The van der Waals surface area contributed by atoms with Crippen molar-refractivity contribution in [3.05, 3.63) is 64.8 Å². The summed E-state index contributed by atoms with van der Waals surface area (Å²) in [6, 6.07) is 12.6. The number of thioether (sulfide) groups is 1. The third kappa shape index (κ3) is 6.68. The van der Waals surface area contributed by atoms with E-state index in [9.17, 15) is 9.59 Å². The van der Waals surface area contributed by atoms with Crippen LogP contribution in [0.4, 0.5) is 5.69 Å². The van der Waals surface area contributed by atoms with E-state index in [-0.39, 0.29) is 17.6 Å². The van der Waals surface area contributed by atoms with Crippen molar-refractivity contribution < 1.29 is 23.8 Å². The maximum atomic E-state index is 12.6. The number of hydrogen-bond acceptors (Lipinski definition) is 6. The van der Waals surface area contributed by atoms with Crippen LogP contribution in [0.25, 0.3) is 0 Å². The van der Waals surface area contributed by atoms with Gasteiger partial charge in [-0.05, 0) is 56.2 Å². The Morgan fingerprint density at radius 3 is 2.59 bits per heavy atom. The molecule has 0 radical (unpaired) electrons. The zero-order chi connectivity index (χ0) is 22.8. The van der Waals surface area contributed by atoms with Crippen molar-refractivity contribution in [2.75, 3.05) is 37.4 Å². The van der Waals surface area contributed by atoms with Gasteiger partial charge >= 0.3 is 0 Å². The molecule has 1 heterocycles. The van der Waals surface area contributed by atoms with Crippen LogP contribution in [0, 0.1) is 0 Å². The quantitative estimate of drug-likeness (QED) is 0.562. The minimum atomic E-state index is -0.324. The Labute approximate surface area is 192 Å². The molecule has 0 spiro atoms. The van der Waals surface area contributed by atoms with Crippen molar-refractivity contribution in [3.8, 4) is 11.5 Å². The lowest BCUT2D eigenvalue weighted by Gasteiger charge is -2.14. The van der Waals surface area contributed by atoms with E-state index in [0.29, 0.717) is 55.5 Å². The lowest BCUT2D eigenvalue weighted by atomic mass is 10.1. The number of anilines is 1. The highest BCUT2D eigenvalue weighted by Gasteiger charge is 2.15. The first-order valence-corrected chi connectivity index (χ1v) is 11.7. The Bertz CT molecular complexity index is 977. The highest BCUT2D eigenvalue weighted by Crippen LogP contribution is 2.28. The second-order valence-electron chi connectivity index (χ2n) is 6.89. The summed E-state index contributed by atoms with van der Waals surface area (Å²) in [6.45, 7) is 5.95. The van der Waals surface area contributed by atoms with Gasteiger partial charge in [-0.15, -0.1) is 11.8 Å². The summed E-state index contributed by atoms with van der Waals surface area (Å²) in [6.07, 6.45) is 0.651. The van der Waals surface area contributed by atoms with Gasteiger partial charge in [-0.2, -0.15) is 0 Å². The van der Waals surface area contributed by atoms with Gasteiger partial charge in [0.25, 0.3) is 11.8 Å². The van der Waals surface area contributed by atoms with Gasteiger partial charge in [-0.25, -0.2) is 0 Å². The Morgan fingerprint density at radius 1 is 1.03 bits per heavy atom. The molecule has 0 aliphatic carbocycles. The third-order valence-corrected chi connectivity index (χ3v) is 5.35. The number of ether oxygens (including phenoxy) is 3. The number of carbonyl (C=O) groups is 2. The van der Waals surface area contributed by atoms with Crippen LogP contribution in [-0.2, 0) is 16.0 Å². The van der Waals surface area contributed by atoms with Crippen molar-refractivity contribution in [1.82, 2.24) is 5.32 Å². The number of rotatable bonds is 10. The van der Waals surface area contributed by atoms with Crippen molar-refractivity contribution in [1.29, 1.82) is 0 Å². The maximum Gasteiger partial charge on any atom is 0.291 e. The molecular formula is C24H28N2O5S. The lowest BCUT2D eigenvalue weighted by Crippen LogP contribution is -2.26. The molecule has 2 aromatic rings. The van der Waals surface area contributed by atoms with Crippen molar-refractivity contribution in [3.63, 3.8) is 0 Å². The summed E-state index contributed by atoms with van der Waals surface area (Å²) < 4.78 is 16.6. The molecule has 1 aliphatic rings. The highest BCUT2D eigenvalue weighted by molar-refractivity contribution is 8.02. The van der Waals surface area contributed by atoms with Crippen LogP contribution in [0.15, 0.2) is 53.6 Å². The van der Waals surface area contributed by atoms with E-state index in [4.69, 9.17) is 14.2 Å². The molecule has 0 bridgehead atoms. The van der Waals surface area contributed by atoms with Gasteiger partial charge in [0.1, 0.15) is 0 Å². The van der Waals surface area contributed by atoms with Crippen LogP contribution in [0.3, 0.4) is 0 Å². The van der Waals surface area contributed by atoms with Crippen LogP contribution in [0.5, 0.6) is 11.5 Å². The molecule has 32 heavy (non-hydrogen) atoms. The topological polar surface area (TPSA) is 85.9 Å². The normalized spacial score (nSPS) is 12.9. The second-order valence-corrected chi connectivity index (χ2v) is 7.87. The van der Waals surface area contributed by atoms with E-state index in [1.807, 2.05) is 32.0 Å². The van der Waals surface area contributed by atoms with Crippen LogP contribution in [0.1, 0.15) is 29.8 Å². The van der Waals surface area contributed by atoms with Gasteiger partial charge < -0.3 is 24.8 Å². The first kappa shape index (κ1) is 23.5. The minimum Gasteiger partial charge on any atom is -0.490 e. The number of amides is 2. The summed E-state index contributed by atoms with van der Waals surface area (Å²) in [7, 11) is 0. The fraction of sp³-hybridized carbons (Fsp3) is 0.333. The largest absolute Gasteiger partial charge is 0.490 e. The molecular weight excluding hydrogens is 428 g/mol. The second kappa shape index (κ2) is 12.0. The Morgan fingerprint density at radius 2 is 1.84 bits per heavy atom. The molecule has 0 saturated carbocycles. The molecule has 0 unspecified atom stereocenters. The molecule has 0 atom stereocenters. The molecule has 1 aliphatic heterocycles. The fourth-order valence-electron chi connectivity index (χ4n) is 3.09. The van der Waals surface area contributed by atoms with Gasteiger partial charge in [-0.3, -0.25) is 9.59 Å². The molecule has 2 aromatic carbocycles. The predicted molar refractivity (Wildman–Crippen MR) is 126 cm³/mol. The molecule has 2 amide bonds. The summed E-state index contributed by atoms with van der Waals surface area (Å²) in [4.78, 5) is 24.9. The number of nitrogens with one attached hydrogen (secondary N) is 2. The van der Waals surface area contributed by atoms with E-state index < -0.39 is 0 Å². The number of benzene rings is 2. The summed E-state index contributed by atoms with van der Waals surface area (Å²) in [5.41, 5.74) is 2.05. The fourth-order valence-corrected chi connectivity index (χ4v) is 3.72. The van der Waals surface area contributed by atoms with E-state index in [1.54, 1.807) is 29.7 Å². The first-order valence-electron chi connectivity index (χ1n) is 10.6. The third-order valence-electron chi connectivity index (χ3n) is 4.56. The number of carbonyl (C=O) groups excluding carboxylic acids is 2. The molecule has 0 fully saturated rings. The molecule has 170 valence electrons. The van der Waals surface area contributed by atoms with Gasteiger partial charge in [0.05, 0.1) is 19.8 Å². The smallest absolute Gasteiger partial charge is 0.291 e. The molecule has 0 saturated heterocycles. The van der Waals surface area contributed by atoms with Crippen molar-refractivity contribution >= 4 is 29.3 Å². The van der Waals surface area contributed by atoms with Crippen molar-refractivity contribution in [2.45, 2.75) is 20.3 Å². The zero-order valence-electron chi connectivity index (χ0n) is 18.3. The summed E-state index contributed by atoms with van der Waals surface area (Å²) in [5.74, 6) is 2.01. The average molecular weight is 457 g/mol. The molecule has 3 rings (SSSR count). The van der Waals surface area contributed by atoms with E-state index in [0.717, 1.165) is 11.3 Å². The van der Waals surface area contributed by atoms with Crippen LogP contribution in [-0.4, -0.2) is 43.9 Å². The molecule has 7 nitrogen and oxygen atoms in total. The summed E-state index contributed by atoms with van der Waals surface area (Å²) >= 11 is 1.54. The average Bonchev–Trinajstić information content (AvgIpc) is 2.81. The lowest BCUT2D eigenvalue weighted by molar-refractivity contribution is -0.116. The van der Waals surface area contributed by atoms with Gasteiger partial charge in [-0.1, -0.05) is 12.1 Å². The summed E-state index contributed by atoms with van der Waals surface area (Å²) in [5, 5.41) is 7.39. The predicted octanol–water partition coefficient (Wildman–Crippen LogP) is 4.00. The van der Waals surface area contributed by atoms with Gasteiger partial charge in [0, 0.05) is 29.0 Å². The van der Waals surface area contributed by atoms with Crippen LogP contribution >= 0.6 is 11.8 Å². The SMILES string of the molecule is CCOc1ccc(CCNC(=O)c2cccc(NC(=O)C3=CSCCO3)c2)cc1OCC. The first-order chi connectivity index (χ1) is 15.6. The van der Waals surface area contributed by atoms with E-state index in [2.05, 4.69) is 10.6 Å². The van der Waals surface area contributed by atoms with E-state index >= 15 is 0 Å². The molecule has 2 N–H and O–H groups in total. The standard InChI is InChI=1S/C24H28N2O5S/c1-3-29-20-9-8-17(14-21(20)30-4-2)10-11-25-23(27)18-6-5-7-19(15-18)26-24(28)22-16-32-13-12-31-22/h5-9,14-16H,3-4,10-13H2,1-2H3,(H,25,27)(H,26,28). The van der Waals surface area contributed by atoms with Crippen LogP contribution in [0.2, 0.25) is 0 Å².